The van der Waals surface area contributed by atoms with Gasteiger partial charge in [-0.15, -0.1) is 0 Å². The van der Waals surface area contributed by atoms with Crippen molar-refractivity contribution in [3.63, 3.8) is 0 Å². The number of aryl methyl sites for hydroxylation is 1. The van der Waals surface area contributed by atoms with Crippen molar-refractivity contribution in [3.05, 3.63) is 27.2 Å². The maximum atomic E-state index is 12.3. The van der Waals surface area contributed by atoms with E-state index in [-0.39, 0.29) is 16.5 Å². The monoisotopic (exact) mass is 339 g/mol. The van der Waals surface area contributed by atoms with E-state index in [0.29, 0.717) is 16.1 Å². The van der Waals surface area contributed by atoms with Crippen molar-refractivity contribution in [2.45, 2.75) is 25.7 Å². The van der Waals surface area contributed by atoms with Gasteiger partial charge in [-0.3, -0.25) is 4.79 Å². The standard InChI is InChI=1S/C12H15Cl2NO4S/c1-6-4-9(13)8(3)11(10(6)14)20(18,19)15-5-7(2)12(16)17/h4,7,15H,5H2,1-3H3,(H,16,17). The Kier molecular flexibility index (Phi) is 5.43. The van der Waals surface area contributed by atoms with Crippen LogP contribution in [0.1, 0.15) is 18.1 Å². The topological polar surface area (TPSA) is 83.5 Å². The number of hydrogen-bond acceptors (Lipinski definition) is 3. The molecule has 0 saturated carbocycles. The third kappa shape index (κ3) is 3.63. The van der Waals surface area contributed by atoms with Gasteiger partial charge in [0.15, 0.2) is 0 Å². The van der Waals surface area contributed by atoms with E-state index in [2.05, 4.69) is 4.72 Å². The Morgan fingerprint density at radius 2 is 1.95 bits per heavy atom. The summed E-state index contributed by atoms with van der Waals surface area (Å²) >= 11 is 12.0. The minimum absolute atomic E-state index is 0.0855. The van der Waals surface area contributed by atoms with Gasteiger partial charge in [-0.1, -0.05) is 30.1 Å². The number of sulfonamides is 1. The molecule has 2 N–H and O–H groups in total. The number of halogens is 2. The summed E-state index contributed by atoms with van der Waals surface area (Å²) in [5.74, 6) is -1.93. The first-order valence-electron chi connectivity index (χ1n) is 5.75. The fraction of sp³-hybridized carbons (Fsp3) is 0.417. The third-order valence-corrected chi connectivity index (χ3v) is 5.44. The molecule has 0 radical (unpaired) electrons. The average molecular weight is 340 g/mol. The number of hydrogen-bond donors (Lipinski definition) is 2. The van der Waals surface area contributed by atoms with E-state index in [9.17, 15) is 13.2 Å². The molecule has 0 amide bonds. The van der Waals surface area contributed by atoms with Gasteiger partial charge >= 0.3 is 5.97 Å². The molecule has 1 atom stereocenters. The predicted molar refractivity (Wildman–Crippen MR) is 77.9 cm³/mol. The first-order valence-corrected chi connectivity index (χ1v) is 7.99. The molecule has 1 aromatic carbocycles. The van der Waals surface area contributed by atoms with Gasteiger partial charge in [0.2, 0.25) is 10.0 Å². The van der Waals surface area contributed by atoms with Crippen LogP contribution in [0.25, 0.3) is 0 Å². The molecule has 1 rings (SSSR count). The molecule has 0 aliphatic rings. The van der Waals surface area contributed by atoms with E-state index >= 15 is 0 Å². The largest absolute Gasteiger partial charge is 0.481 e. The third-order valence-electron chi connectivity index (χ3n) is 2.86. The minimum atomic E-state index is -3.92. The van der Waals surface area contributed by atoms with Crippen molar-refractivity contribution in [1.82, 2.24) is 4.72 Å². The molecule has 0 aliphatic heterocycles. The Bertz CT molecular complexity index is 617. The van der Waals surface area contributed by atoms with Crippen molar-refractivity contribution in [1.29, 1.82) is 0 Å². The fourth-order valence-electron chi connectivity index (χ4n) is 1.53. The summed E-state index contributed by atoms with van der Waals surface area (Å²) in [7, 11) is -3.92. The van der Waals surface area contributed by atoms with Gasteiger partial charge in [-0.05, 0) is 31.0 Å². The van der Waals surface area contributed by atoms with Crippen LogP contribution in [-0.4, -0.2) is 26.0 Å². The maximum absolute atomic E-state index is 12.3. The number of benzene rings is 1. The summed E-state index contributed by atoms with van der Waals surface area (Å²) in [6.07, 6.45) is 0. The summed E-state index contributed by atoms with van der Waals surface area (Å²) in [6.45, 7) is 4.37. The van der Waals surface area contributed by atoms with E-state index in [0.717, 1.165) is 0 Å². The predicted octanol–water partition coefficient (Wildman–Crippen LogP) is 2.61. The molecule has 0 bridgehead atoms. The highest BCUT2D eigenvalue weighted by molar-refractivity contribution is 7.89. The van der Waals surface area contributed by atoms with Crippen LogP contribution >= 0.6 is 23.2 Å². The molecule has 8 heteroatoms. The van der Waals surface area contributed by atoms with Gasteiger partial charge in [-0.25, -0.2) is 13.1 Å². The lowest BCUT2D eigenvalue weighted by Crippen LogP contribution is -2.32. The quantitative estimate of drug-likeness (QED) is 0.863. The molecule has 0 spiro atoms. The summed E-state index contributed by atoms with van der Waals surface area (Å²) in [5.41, 5.74) is 0.867. The summed E-state index contributed by atoms with van der Waals surface area (Å²) in [6, 6.07) is 1.58. The van der Waals surface area contributed by atoms with Gasteiger partial charge in [0.05, 0.1) is 10.9 Å². The van der Waals surface area contributed by atoms with Crippen molar-refractivity contribution in [2.24, 2.45) is 5.92 Å². The summed E-state index contributed by atoms with van der Waals surface area (Å²) in [5, 5.41) is 9.14. The SMILES string of the molecule is Cc1cc(Cl)c(C)c(S(=O)(=O)NCC(C)C(=O)O)c1Cl. The molecule has 0 fully saturated rings. The second kappa shape index (κ2) is 6.30. The lowest BCUT2D eigenvalue weighted by molar-refractivity contribution is -0.140. The van der Waals surface area contributed by atoms with Gasteiger partial charge in [0.25, 0.3) is 0 Å². The number of carbonyl (C=O) groups is 1. The van der Waals surface area contributed by atoms with Crippen molar-refractivity contribution >= 4 is 39.2 Å². The molecule has 20 heavy (non-hydrogen) atoms. The van der Waals surface area contributed by atoms with E-state index in [1.165, 1.54) is 6.92 Å². The number of carboxylic acid groups (broad SMARTS) is 1. The van der Waals surface area contributed by atoms with Gasteiger partial charge in [0.1, 0.15) is 4.90 Å². The highest BCUT2D eigenvalue weighted by atomic mass is 35.5. The second-order valence-electron chi connectivity index (χ2n) is 4.53. The van der Waals surface area contributed by atoms with Crippen molar-refractivity contribution in [2.75, 3.05) is 6.54 Å². The number of aliphatic carboxylic acids is 1. The lowest BCUT2D eigenvalue weighted by Gasteiger charge is -2.15. The number of nitrogens with one attached hydrogen (secondary N) is 1. The Labute approximate surface area is 127 Å². The normalized spacial score (nSPS) is 13.2. The van der Waals surface area contributed by atoms with Gasteiger partial charge in [-0.2, -0.15) is 0 Å². The number of carboxylic acids is 1. The Balaban J connectivity index is 3.20. The first kappa shape index (κ1) is 17.2. The molecule has 5 nitrogen and oxygen atoms in total. The van der Waals surface area contributed by atoms with E-state index < -0.39 is 21.9 Å². The minimum Gasteiger partial charge on any atom is -0.481 e. The molecule has 1 unspecified atom stereocenters. The summed E-state index contributed by atoms with van der Waals surface area (Å²) in [4.78, 5) is 10.6. The highest BCUT2D eigenvalue weighted by Gasteiger charge is 2.25. The Morgan fingerprint density at radius 1 is 1.40 bits per heavy atom. The van der Waals surface area contributed by atoms with Crippen LogP contribution in [0.5, 0.6) is 0 Å². The number of rotatable bonds is 5. The van der Waals surface area contributed by atoms with Crippen molar-refractivity contribution in [3.8, 4) is 0 Å². The molecule has 0 aromatic heterocycles. The van der Waals surface area contributed by atoms with Crippen LogP contribution in [0, 0.1) is 19.8 Å². The average Bonchev–Trinajstić information content (AvgIpc) is 2.33. The zero-order chi connectivity index (χ0) is 15.7. The zero-order valence-electron chi connectivity index (χ0n) is 11.2. The van der Waals surface area contributed by atoms with Crippen LogP contribution in [-0.2, 0) is 14.8 Å². The molecule has 0 heterocycles. The smallest absolute Gasteiger partial charge is 0.307 e. The molecular formula is C12H15Cl2NO4S. The Hall–Kier alpha value is -0.820. The molecule has 112 valence electrons. The maximum Gasteiger partial charge on any atom is 0.307 e. The lowest BCUT2D eigenvalue weighted by atomic mass is 10.2. The van der Waals surface area contributed by atoms with Crippen LogP contribution in [0.15, 0.2) is 11.0 Å². The molecule has 1 aromatic rings. The van der Waals surface area contributed by atoms with Gasteiger partial charge < -0.3 is 5.11 Å². The van der Waals surface area contributed by atoms with Crippen LogP contribution in [0.3, 0.4) is 0 Å². The zero-order valence-corrected chi connectivity index (χ0v) is 13.5. The molecule has 0 aliphatic carbocycles. The fourth-order valence-corrected chi connectivity index (χ4v) is 3.87. The highest BCUT2D eigenvalue weighted by Crippen LogP contribution is 2.33. The van der Waals surface area contributed by atoms with Crippen LogP contribution in [0.2, 0.25) is 10.0 Å². The molecule has 0 saturated heterocycles. The van der Waals surface area contributed by atoms with Crippen LogP contribution in [0.4, 0.5) is 0 Å². The van der Waals surface area contributed by atoms with E-state index in [1.54, 1.807) is 19.9 Å². The van der Waals surface area contributed by atoms with Gasteiger partial charge in [0, 0.05) is 11.6 Å². The van der Waals surface area contributed by atoms with E-state index in [1.807, 2.05) is 0 Å². The van der Waals surface area contributed by atoms with Crippen LogP contribution < -0.4 is 4.72 Å². The second-order valence-corrected chi connectivity index (χ2v) is 7.02. The summed E-state index contributed by atoms with van der Waals surface area (Å²) < 4.78 is 26.8. The van der Waals surface area contributed by atoms with E-state index in [4.69, 9.17) is 28.3 Å². The molecular weight excluding hydrogens is 325 g/mol. The Morgan fingerprint density at radius 3 is 2.45 bits per heavy atom. The first-order chi connectivity index (χ1) is 9.08. The van der Waals surface area contributed by atoms with Crippen molar-refractivity contribution < 1.29 is 18.3 Å².